The lowest BCUT2D eigenvalue weighted by molar-refractivity contribution is 0.269. The van der Waals surface area contributed by atoms with Crippen molar-refractivity contribution in [1.82, 2.24) is 9.88 Å². The maximum absolute atomic E-state index is 5.74. The van der Waals surface area contributed by atoms with Crippen LogP contribution in [0.5, 0.6) is 5.88 Å². The molecule has 3 rings (SSSR count). The zero-order chi connectivity index (χ0) is 14.5. The van der Waals surface area contributed by atoms with Crippen LogP contribution in [0, 0.1) is 0 Å². The Morgan fingerprint density at radius 3 is 2.76 bits per heavy atom. The van der Waals surface area contributed by atoms with Crippen LogP contribution in [0.25, 0.3) is 0 Å². The van der Waals surface area contributed by atoms with Gasteiger partial charge in [-0.05, 0) is 37.1 Å². The third kappa shape index (κ3) is 3.42. The Morgan fingerprint density at radius 2 is 2.05 bits per heavy atom. The Bertz CT molecular complexity index is 553. The summed E-state index contributed by atoms with van der Waals surface area (Å²) in [5.74, 6) is 0.698. The Labute approximate surface area is 126 Å². The highest BCUT2D eigenvalue weighted by Gasteiger charge is 2.24. The first-order valence-corrected chi connectivity index (χ1v) is 7.73. The van der Waals surface area contributed by atoms with Crippen molar-refractivity contribution in [2.45, 2.75) is 32.4 Å². The van der Waals surface area contributed by atoms with E-state index in [0.29, 0.717) is 18.5 Å². The zero-order valence-electron chi connectivity index (χ0n) is 12.5. The molecule has 1 aliphatic heterocycles. The van der Waals surface area contributed by atoms with E-state index in [1.165, 1.54) is 24.9 Å². The summed E-state index contributed by atoms with van der Waals surface area (Å²) in [6.45, 7) is 5.10. The topological polar surface area (TPSA) is 25.4 Å². The summed E-state index contributed by atoms with van der Waals surface area (Å²) in [7, 11) is 0. The zero-order valence-corrected chi connectivity index (χ0v) is 12.5. The minimum atomic E-state index is 0.533. The third-order valence-electron chi connectivity index (χ3n) is 4.14. The van der Waals surface area contributed by atoms with E-state index in [2.05, 4.69) is 35.0 Å². The van der Waals surface area contributed by atoms with Gasteiger partial charge in [-0.1, -0.05) is 43.3 Å². The molecule has 1 aromatic heterocycles. The molecular formula is C18H22N2O. The average molecular weight is 282 g/mol. The fourth-order valence-corrected chi connectivity index (χ4v) is 2.99. The number of hydrogen-bond acceptors (Lipinski definition) is 3. The number of benzene rings is 1. The summed E-state index contributed by atoms with van der Waals surface area (Å²) in [5.41, 5.74) is 2.47. The number of pyridine rings is 1. The van der Waals surface area contributed by atoms with Crippen molar-refractivity contribution in [1.29, 1.82) is 0 Å². The molecule has 3 heteroatoms. The van der Waals surface area contributed by atoms with Crippen LogP contribution >= 0.6 is 0 Å². The molecule has 0 radical (unpaired) electrons. The van der Waals surface area contributed by atoms with E-state index >= 15 is 0 Å². The summed E-state index contributed by atoms with van der Waals surface area (Å²) in [6.07, 6.45) is 4.49. The first-order chi connectivity index (χ1) is 10.4. The van der Waals surface area contributed by atoms with Crippen LogP contribution in [-0.2, 0) is 6.61 Å². The Hall–Kier alpha value is -1.87. The second kappa shape index (κ2) is 6.72. The maximum Gasteiger partial charge on any atom is 0.213 e. The summed E-state index contributed by atoms with van der Waals surface area (Å²) in [4.78, 5) is 6.97. The molecule has 1 atom stereocenters. The van der Waals surface area contributed by atoms with Crippen molar-refractivity contribution >= 4 is 0 Å². The van der Waals surface area contributed by atoms with Gasteiger partial charge in [-0.25, -0.2) is 4.98 Å². The lowest BCUT2D eigenvalue weighted by Gasteiger charge is -2.22. The molecular weight excluding hydrogens is 260 g/mol. The molecule has 3 nitrogen and oxygen atoms in total. The van der Waals surface area contributed by atoms with Gasteiger partial charge in [0.15, 0.2) is 0 Å². The molecule has 0 N–H and O–H groups in total. The van der Waals surface area contributed by atoms with Gasteiger partial charge in [0.25, 0.3) is 0 Å². The molecule has 0 spiro atoms. The van der Waals surface area contributed by atoms with Crippen LogP contribution in [0.15, 0.2) is 48.7 Å². The molecule has 2 aromatic rings. The SMILES string of the molecule is CCN1CCC[C@@H]1c1ccc(OCc2ccccc2)nc1. The van der Waals surface area contributed by atoms with Crippen LogP contribution in [0.2, 0.25) is 0 Å². The minimum Gasteiger partial charge on any atom is -0.473 e. The molecule has 0 bridgehead atoms. The highest BCUT2D eigenvalue weighted by molar-refractivity contribution is 5.22. The average Bonchev–Trinajstić information content (AvgIpc) is 3.03. The monoisotopic (exact) mass is 282 g/mol. The van der Waals surface area contributed by atoms with Gasteiger partial charge in [0.1, 0.15) is 6.61 Å². The van der Waals surface area contributed by atoms with Crippen LogP contribution in [0.3, 0.4) is 0 Å². The molecule has 0 saturated carbocycles. The summed E-state index contributed by atoms with van der Waals surface area (Å²) in [5, 5.41) is 0. The Balaban J connectivity index is 1.61. The number of ether oxygens (including phenoxy) is 1. The summed E-state index contributed by atoms with van der Waals surface area (Å²) < 4.78 is 5.74. The first kappa shape index (κ1) is 14.1. The fourth-order valence-electron chi connectivity index (χ4n) is 2.99. The van der Waals surface area contributed by atoms with Crippen molar-refractivity contribution < 1.29 is 4.74 Å². The van der Waals surface area contributed by atoms with Gasteiger partial charge in [-0.3, -0.25) is 4.90 Å². The van der Waals surface area contributed by atoms with Gasteiger partial charge < -0.3 is 4.74 Å². The van der Waals surface area contributed by atoms with Crippen molar-refractivity contribution in [3.05, 3.63) is 59.8 Å². The van der Waals surface area contributed by atoms with Gasteiger partial charge in [-0.15, -0.1) is 0 Å². The molecule has 0 amide bonds. The van der Waals surface area contributed by atoms with Crippen LogP contribution in [0.4, 0.5) is 0 Å². The Kier molecular flexibility index (Phi) is 4.51. The van der Waals surface area contributed by atoms with Crippen molar-refractivity contribution in [3.8, 4) is 5.88 Å². The second-order valence-corrected chi connectivity index (χ2v) is 5.49. The smallest absolute Gasteiger partial charge is 0.213 e. The van der Waals surface area contributed by atoms with Crippen molar-refractivity contribution in [3.63, 3.8) is 0 Å². The number of nitrogens with zero attached hydrogens (tertiary/aromatic N) is 2. The predicted octanol–water partition coefficient (Wildman–Crippen LogP) is 3.82. The second-order valence-electron chi connectivity index (χ2n) is 5.49. The quantitative estimate of drug-likeness (QED) is 0.833. The third-order valence-corrected chi connectivity index (χ3v) is 4.14. The lowest BCUT2D eigenvalue weighted by Crippen LogP contribution is -2.22. The van der Waals surface area contributed by atoms with Crippen molar-refractivity contribution in [2.75, 3.05) is 13.1 Å². The standard InChI is InChI=1S/C18H22N2O/c1-2-20-12-6-9-17(20)16-10-11-18(19-13-16)21-14-15-7-4-3-5-8-15/h3-5,7-8,10-11,13,17H,2,6,9,12,14H2,1H3/t17-/m1/s1. The fraction of sp³-hybridized carbons (Fsp3) is 0.389. The van der Waals surface area contributed by atoms with Crippen molar-refractivity contribution in [2.24, 2.45) is 0 Å². The maximum atomic E-state index is 5.74. The van der Waals surface area contributed by atoms with Crippen LogP contribution < -0.4 is 4.74 Å². The highest BCUT2D eigenvalue weighted by atomic mass is 16.5. The van der Waals surface area contributed by atoms with Gasteiger partial charge in [-0.2, -0.15) is 0 Å². The largest absolute Gasteiger partial charge is 0.473 e. The number of aromatic nitrogens is 1. The molecule has 110 valence electrons. The van der Waals surface area contributed by atoms with E-state index in [4.69, 9.17) is 4.74 Å². The van der Waals surface area contributed by atoms with Gasteiger partial charge in [0.05, 0.1) is 0 Å². The highest BCUT2D eigenvalue weighted by Crippen LogP contribution is 2.31. The van der Waals surface area contributed by atoms with Gasteiger partial charge in [0, 0.05) is 18.3 Å². The molecule has 0 unspecified atom stereocenters. The van der Waals surface area contributed by atoms with E-state index in [1.807, 2.05) is 30.5 Å². The molecule has 0 aliphatic carbocycles. The van der Waals surface area contributed by atoms with Crippen LogP contribution in [-0.4, -0.2) is 23.0 Å². The summed E-state index contributed by atoms with van der Waals surface area (Å²) in [6, 6.07) is 14.9. The van der Waals surface area contributed by atoms with Gasteiger partial charge in [0.2, 0.25) is 5.88 Å². The number of rotatable bonds is 5. The van der Waals surface area contributed by atoms with E-state index in [1.54, 1.807) is 0 Å². The Morgan fingerprint density at radius 1 is 1.19 bits per heavy atom. The van der Waals surface area contributed by atoms with E-state index in [0.717, 1.165) is 12.1 Å². The molecule has 1 aliphatic rings. The van der Waals surface area contributed by atoms with E-state index in [-0.39, 0.29) is 0 Å². The van der Waals surface area contributed by atoms with Gasteiger partial charge >= 0.3 is 0 Å². The molecule has 1 fully saturated rings. The first-order valence-electron chi connectivity index (χ1n) is 7.73. The molecule has 2 heterocycles. The molecule has 1 saturated heterocycles. The number of hydrogen-bond donors (Lipinski definition) is 0. The predicted molar refractivity (Wildman–Crippen MR) is 84.2 cm³/mol. The minimum absolute atomic E-state index is 0.533. The lowest BCUT2D eigenvalue weighted by atomic mass is 10.1. The number of likely N-dealkylation sites (tertiary alicyclic amines) is 1. The molecule has 21 heavy (non-hydrogen) atoms. The van der Waals surface area contributed by atoms with E-state index in [9.17, 15) is 0 Å². The van der Waals surface area contributed by atoms with E-state index < -0.39 is 0 Å². The normalized spacial score (nSPS) is 18.8. The molecule has 1 aromatic carbocycles. The summed E-state index contributed by atoms with van der Waals surface area (Å²) >= 11 is 0. The van der Waals surface area contributed by atoms with Crippen LogP contribution in [0.1, 0.15) is 36.9 Å².